The number of hydrogen-bond donors (Lipinski definition) is 1. The third-order valence-corrected chi connectivity index (χ3v) is 5.08. The number of ether oxygens (including phenoxy) is 2. The van der Waals surface area contributed by atoms with Crippen molar-refractivity contribution in [2.24, 2.45) is 0 Å². The first-order chi connectivity index (χ1) is 15.6. The van der Waals surface area contributed by atoms with Crippen LogP contribution < -0.4 is 14.8 Å². The molecule has 0 aliphatic carbocycles. The molecule has 0 saturated heterocycles. The van der Waals surface area contributed by atoms with E-state index in [0.717, 1.165) is 11.1 Å². The minimum atomic E-state index is -0.648. The first kappa shape index (κ1) is 21.4. The van der Waals surface area contributed by atoms with Gasteiger partial charge in [0.05, 0.1) is 14.2 Å². The summed E-state index contributed by atoms with van der Waals surface area (Å²) in [6, 6.07) is 20.8. The summed E-state index contributed by atoms with van der Waals surface area (Å²) in [5.41, 5.74) is 1.93. The monoisotopic (exact) mass is 449 g/mol. The number of carbonyl (C=O) groups excluding carboxylic acids is 1. The van der Waals surface area contributed by atoms with Crippen LogP contribution in [-0.2, 0) is 0 Å². The maximum Gasteiger partial charge on any atom is 0.252 e. The lowest BCUT2D eigenvalue weighted by atomic mass is 10.1. The lowest BCUT2D eigenvalue weighted by Gasteiger charge is -2.16. The van der Waals surface area contributed by atoms with Gasteiger partial charge in [-0.2, -0.15) is 0 Å². The molecule has 8 heteroatoms. The average molecular weight is 450 g/mol. The van der Waals surface area contributed by atoms with Gasteiger partial charge >= 0.3 is 0 Å². The van der Waals surface area contributed by atoms with E-state index in [0.29, 0.717) is 28.0 Å². The third kappa shape index (κ3) is 4.58. The van der Waals surface area contributed by atoms with Crippen molar-refractivity contribution >= 4 is 17.5 Å². The lowest BCUT2D eigenvalue weighted by Crippen LogP contribution is -2.29. The number of methoxy groups -OCH3 is 2. The lowest BCUT2D eigenvalue weighted by molar-refractivity contribution is 0.0937. The number of aromatic nitrogens is 2. The Hall–Kier alpha value is -3.84. The van der Waals surface area contributed by atoms with E-state index in [4.69, 9.17) is 25.5 Å². The normalized spacial score (nSPS) is 11.6. The van der Waals surface area contributed by atoms with Gasteiger partial charge < -0.3 is 19.2 Å². The van der Waals surface area contributed by atoms with E-state index >= 15 is 0 Å². The van der Waals surface area contributed by atoms with Crippen LogP contribution in [0.1, 0.15) is 27.9 Å². The first-order valence-electron chi connectivity index (χ1n) is 9.76. The van der Waals surface area contributed by atoms with Crippen molar-refractivity contribution in [3.05, 3.63) is 94.8 Å². The van der Waals surface area contributed by atoms with E-state index in [-0.39, 0.29) is 11.8 Å². The van der Waals surface area contributed by atoms with Crippen LogP contribution in [0, 0.1) is 0 Å². The van der Waals surface area contributed by atoms with E-state index in [1.165, 1.54) is 14.2 Å². The van der Waals surface area contributed by atoms with Crippen LogP contribution >= 0.6 is 11.6 Å². The van der Waals surface area contributed by atoms with E-state index < -0.39 is 6.04 Å². The molecule has 32 heavy (non-hydrogen) atoms. The molecule has 0 aliphatic heterocycles. The van der Waals surface area contributed by atoms with Crippen molar-refractivity contribution in [2.75, 3.05) is 14.2 Å². The Morgan fingerprint density at radius 3 is 2.34 bits per heavy atom. The van der Waals surface area contributed by atoms with Gasteiger partial charge in [0.2, 0.25) is 11.8 Å². The summed E-state index contributed by atoms with van der Waals surface area (Å²) < 4.78 is 16.5. The maximum absolute atomic E-state index is 13.1. The minimum Gasteiger partial charge on any atom is -0.493 e. The second-order valence-electron chi connectivity index (χ2n) is 6.84. The third-order valence-electron chi connectivity index (χ3n) is 4.83. The molecule has 0 aliphatic rings. The van der Waals surface area contributed by atoms with E-state index in [1.807, 2.05) is 30.3 Å². The molecule has 0 unspecified atom stereocenters. The van der Waals surface area contributed by atoms with Crippen LogP contribution in [0.15, 0.2) is 77.2 Å². The van der Waals surface area contributed by atoms with Crippen molar-refractivity contribution < 1.29 is 18.7 Å². The molecular formula is C24H20ClN3O4. The molecule has 0 spiro atoms. The van der Waals surface area contributed by atoms with Gasteiger partial charge in [-0.15, -0.1) is 10.2 Å². The second kappa shape index (κ2) is 9.53. The Morgan fingerprint density at radius 2 is 1.66 bits per heavy atom. The quantitative estimate of drug-likeness (QED) is 0.430. The average Bonchev–Trinajstić information content (AvgIpc) is 3.32. The zero-order valence-electron chi connectivity index (χ0n) is 17.4. The molecule has 1 heterocycles. The zero-order valence-corrected chi connectivity index (χ0v) is 18.2. The molecule has 0 fully saturated rings. The Kier molecular flexibility index (Phi) is 6.37. The van der Waals surface area contributed by atoms with Gasteiger partial charge in [-0.3, -0.25) is 4.79 Å². The predicted octanol–water partition coefficient (Wildman–Crippen LogP) is 4.93. The zero-order chi connectivity index (χ0) is 22.5. The molecule has 1 aromatic heterocycles. The first-order valence-corrected chi connectivity index (χ1v) is 10.1. The second-order valence-corrected chi connectivity index (χ2v) is 7.28. The number of halogens is 1. The molecule has 0 radical (unpaired) electrons. The SMILES string of the molecule is COc1ccc(C(=O)N[C@@H](c2ccccc2)c2nnc(-c3ccc(Cl)cc3)o2)cc1OC. The maximum atomic E-state index is 13.1. The van der Waals surface area contributed by atoms with Crippen LogP contribution in [-0.4, -0.2) is 30.3 Å². The summed E-state index contributed by atoms with van der Waals surface area (Å²) in [6.45, 7) is 0. The topological polar surface area (TPSA) is 86.5 Å². The smallest absolute Gasteiger partial charge is 0.252 e. The van der Waals surface area contributed by atoms with Crippen LogP contribution in [0.2, 0.25) is 5.02 Å². The summed E-state index contributed by atoms with van der Waals surface area (Å²) in [6.07, 6.45) is 0. The van der Waals surface area contributed by atoms with Gasteiger partial charge in [0.15, 0.2) is 11.5 Å². The van der Waals surface area contributed by atoms with Crippen LogP contribution in [0.25, 0.3) is 11.5 Å². The summed E-state index contributed by atoms with van der Waals surface area (Å²) in [5.74, 6) is 1.26. The number of carbonyl (C=O) groups is 1. The highest BCUT2D eigenvalue weighted by Crippen LogP contribution is 2.29. The van der Waals surface area contributed by atoms with Gasteiger partial charge in [-0.05, 0) is 48.0 Å². The summed E-state index contributed by atoms with van der Waals surface area (Å²) in [4.78, 5) is 13.1. The fraction of sp³-hybridized carbons (Fsp3) is 0.125. The molecule has 0 bridgehead atoms. The summed E-state index contributed by atoms with van der Waals surface area (Å²) in [7, 11) is 3.06. The molecule has 1 amide bonds. The Bertz CT molecular complexity index is 1210. The fourth-order valence-corrected chi connectivity index (χ4v) is 3.31. The summed E-state index contributed by atoms with van der Waals surface area (Å²) >= 11 is 5.96. The van der Waals surface area contributed by atoms with Crippen molar-refractivity contribution in [3.8, 4) is 23.0 Å². The summed E-state index contributed by atoms with van der Waals surface area (Å²) in [5, 5.41) is 11.9. The van der Waals surface area contributed by atoms with Gasteiger partial charge in [-0.25, -0.2) is 0 Å². The van der Waals surface area contributed by atoms with Crippen LogP contribution in [0.5, 0.6) is 11.5 Å². The van der Waals surface area contributed by atoms with Gasteiger partial charge in [0, 0.05) is 16.1 Å². The number of benzene rings is 3. The highest BCUT2D eigenvalue weighted by molar-refractivity contribution is 6.30. The predicted molar refractivity (Wildman–Crippen MR) is 120 cm³/mol. The van der Waals surface area contributed by atoms with E-state index in [1.54, 1.807) is 42.5 Å². The van der Waals surface area contributed by atoms with Gasteiger partial charge in [0.1, 0.15) is 6.04 Å². The molecule has 162 valence electrons. The van der Waals surface area contributed by atoms with Crippen LogP contribution in [0.4, 0.5) is 0 Å². The Morgan fingerprint density at radius 1 is 0.938 bits per heavy atom. The van der Waals surface area contributed by atoms with Gasteiger partial charge in [0.25, 0.3) is 5.91 Å². The molecule has 1 N–H and O–H groups in total. The Labute approximate surface area is 190 Å². The number of nitrogens with one attached hydrogen (secondary N) is 1. The largest absolute Gasteiger partial charge is 0.493 e. The molecule has 3 aromatic carbocycles. The van der Waals surface area contributed by atoms with Crippen molar-refractivity contribution in [1.82, 2.24) is 15.5 Å². The van der Waals surface area contributed by atoms with Crippen molar-refractivity contribution in [1.29, 1.82) is 0 Å². The fourth-order valence-electron chi connectivity index (χ4n) is 3.19. The Balaban J connectivity index is 1.65. The number of amides is 1. The van der Waals surface area contributed by atoms with E-state index in [2.05, 4.69) is 15.5 Å². The molecule has 0 saturated carbocycles. The molecule has 4 rings (SSSR count). The molecule has 7 nitrogen and oxygen atoms in total. The standard InChI is InChI=1S/C24H20ClN3O4/c1-30-19-13-10-17(14-20(19)31-2)22(29)26-21(15-6-4-3-5-7-15)24-28-27-23(32-24)16-8-11-18(25)12-9-16/h3-14,21H,1-2H3,(H,26,29)/t21-/m0/s1. The molecule has 4 aromatic rings. The molecular weight excluding hydrogens is 430 g/mol. The highest BCUT2D eigenvalue weighted by Gasteiger charge is 2.24. The number of hydrogen-bond acceptors (Lipinski definition) is 6. The highest BCUT2D eigenvalue weighted by atomic mass is 35.5. The minimum absolute atomic E-state index is 0.259. The molecule has 1 atom stereocenters. The number of rotatable bonds is 7. The van der Waals surface area contributed by atoms with Crippen molar-refractivity contribution in [2.45, 2.75) is 6.04 Å². The van der Waals surface area contributed by atoms with Crippen LogP contribution in [0.3, 0.4) is 0 Å². The van der Waals surface area contributed by atoms with E-state index in [9.17, 15) is 4.79 Å². The van der Waals surface area contributed by atoms with Crippen molar-refractivity contribution in [3.63, 3.8) is 0 Å². The van der Waals surface area contributed by atoms with Gasteiger partial charge in [-0.1, -0.05) is 41.9 Å². The number of nitrogens with zero attached hydrogens (tertiary/aromatic N) is 2.